The molecule has 0 saturated heterocycles. The van der Waals surface area contributed by atoms with Crippen LogP contribution >= 0.6 is 0 Å². The highest BCUT2D eigenvalue weighted by atomic mass is 16.8. The molecule has 0 fully saturated rings. The summed E-state index contributed by atoms with van der Waals surface area (Å²) >= 11 is 0. The first-order chi connectivity index (χ1) is 4.52. The fourth-order valence-corrected chi connectivity index (χ4v) is 0.185. The predicted molar refractivity (Wildman–Crippen MR) is 36.8 cm³/mol. The van der Waals surface area contributed by atoms with Crippen LogP contribution in [0.25, 0.3) is 0 Å². The second-order valence-corrected chi connectivity index (χ2v) is 1.09. The van der Waals surface area contributed by atoms with Crippen molar-refractivity contribution in [1.29, 1.82) is 0 Å². The minimum atomic E-state index is -1.54. The van der Waals surface area contributed by atoms with E-state index < -0.39 is 18.3 Å². The molecule has 0 atom stereocenters. The number of rotatable bonds is 0. The Kier molecular flexibility index (Phi) is 10.0. The topological polar surface area (TPSA) is 192 Å². The van der Waals surface area contributed by atoms with Crippen molar-refractivity contribution in [1.82, 2.24) is 12.3 Å². The summed E-state index contributed by atoms with van der Waals surface area (Å²) in [7, 11) is 0. The van der Waals surface area contributed by atoms with E-state index in [1.807, 2.05) is 0 Å². The third-order valence-electron chi connectivity index (χ3n) is 0.368. The van der Waals surface area contributed by atoms with Gasteiger partial charge in [-0.05, 0) is 0 Å². The lowest BCUT2D eigenvalue weighted by molar-refractivity contribution is 0.0990. The van der Waals surface area contributed by atoms with Crippen LogP contribution in [0.4, 0.5) is 14.4 Å². The van der Waals surface area contributed by atoms with Gasteiger partial charge in [0.2, 0.25) is 0 Å². The van der Waals surface area contributed by atoms with E-state index in [1.54, 1.807) is 0 Å². The summed E-state index contributed by atoms with van der Waals surface area (Å²) in [5, 5.41) is 0. The molecule has 0 heterocycles. The van der Waals surface area contributed by atoms with Crippen molar-refractivity contribution < 1.29 is 23.9 Å². The lowest BCUT2D eigenvalue weighted by Crippen LogP contribution is -2.24. The summed E-state index contributed by atoms with van der Waals surface area (Å²) in [6, 6.07) is 0. The molecule has 0 aliphatic heterocycles. The first-order valence-electron chi connectivity index (χ1n) is 2.01. The lowest BCUT2D eigenvalue weighted by atomic mass is 11.1. The van der Waals surface area contributed by atoms with E-state index >= 15 is 0 Å². The third kappa shape index (κ3) is 11.0. The van der Waals surface area contributed by atoms with E-state index in [1.165, 1.54) is 0 Å². The lowest BCUT2D eigenvalue weighted by Gasteiger charge is -1.95. The van der Waals surface area contributed by atoms with Gasteiger partial charge < -0.3 is 33.2 Å². The zero-order valence-corrected chi connectivity index (χ0v) is 6.11. The van der Waals surface area contributed by atoms with E-state index in [0.29, 0.717) is 0 Å². The number of ether oxygens (including phenoxy) is 2. The molecule has 0 aromatic heterocycles. The first kappa shape index (κ1) is 16.6. The molecule has 9 heteroatoms. The molecule has 9 nitrogen and oxygen atoms in total. The summed E-state index contributed by atoms with van der Waals surface area (Å²) in [6.45, 7) is 0. The third-order valence-corrected chi connectivity index (χ3v) is 0.368. The molecule has 0 aliphatic rings. The highest BCUT2D eigenvalue weighted by molar-refractivity contribution is 5.86. The van der Waals surface area contributed by atoms with Crippen molar-refractivity contribution in [2.45, 2.75) is 0 Å². The van der Waals surface area contributed by atoms with Gasteiger partial charge in [0.25, 0.3) is 0 Å². The standard InChI is InChI=1S/C3H4N2O5.2H3N/c4-1(6)9-3(8)10-2(5)7;;/h(H2,4,6)(H2,5,7);2*1H3. The predicted octanol–water partition coefficient (Wildman–Crippen LogP) is -0.379. The number of carbonyl (C=O) groups excluding carboxylic acids is 3. The van der Waals surface area contributed by atoms with Gasteiger partial charge in [0.1, 0.15) is 0 Å². The second kappa shape index (κ2) is 7.24. The van der Waals surface area contributed by atoms with Crippen LogP contribution in [0.5, 0.6) is 0 Å². The molecular weight excluding hydrogens is 172 g/mol. The van der Waals surface area contributed by atoms with Crippen LogP contribution in [-0.4, -0.2) is 18.3 Å². The molecule has 0 rings (SSSR count). The molecule has 0 aromatic rings. The highest BCUT2D eigenvalue weighted by Gasteiger charge is 2.10. The molecule has 0 bridgehead atoms. The van der Waals surface area contributed by atoms with Crippen molar-refractivity contribution in [2.75, 3.05) is 0 Å². The van der Waals surface area contributed by atoms with E-state index in [0.717, 1.165) is 0 Å². The zero-order chi connectivity index (χ0) is 8.15. The Labute approximate surface area is 67.1 Å². The molecule has 0 aliphatic carbocycles. The van der Waals surface area contributed by atoms with Gasteiger partial charge in [-0.25, -0.2) is 14.4 Å². The van der Waals surface area contributed by atoms with Gasteiger partial charge >= 0.3 is 18.3 Å². The minimum absolute atomic E-state index is 0. The second-order valence-electron chi connectivity index (χ2n) is 1.09. The number of hydrogen-bond donors (Lipinski definition) is 4. The molecule has 2 amide bonds. The summed E-state index contributed by atoms with van der Waals surface area (Å²) in [5.41, 5.74) is 8.71. The monoisotopic (exact) mass is 182 g/mol. The zero-order valence-electron chi connectivity index (χ0n) is 6.11. The van der Waals surface area contributed by atoms with Gasteiger partial charge in [-0.2, -0.15) is 0 Å². The van der Waals surface area contributed by atoms with E-state index in [2.05, 4.69) is 20.9 Å². The van der Waals surface area contributed by atoms with Crippen LogP contribution in [0.15, 0.2) is 0 Å². The smallest absolute Gasteiger partial charge is 0.344 e. The van der Waals surface area contributed by atoms with Gasteiger partial charge in [-0.15, -0.1) is 0 Å². The molecule has 0 saturated carbocycles. The quantitative estimate of drug-likeness (QED) is 0.289. The van der Waals surface area contributed by atoms with E-state index in [-0.39, 0.29) is 12.3 Å². The summed E-state index contributed by atoms with van der Waals surface area (Å²) in [4.78, 5) is 29.5. The number of amides is 2. The van der Waals surface area contributed by atoms with Gasteiger partial charge in [-0.1, -0.05) is 0 Å². The Hall–Kier alpha value is -1.87. The van der Waals surface area contributed by atoms with Crippen LogP contribution in [-0.2, 0) is 9.47 Å². The van der Waals surface area contributed by atoms with Crippen molar-refractivity contribution in [3.63, 3.8) is 0 Å². The largest absolute Gasteiger partial charge is 0.526 e. The fourth-order valence-electron chi connectivity index (χ4n) is 0.185. The highest BCUT2D eigenvalue weighted by Crippen LogP contribution is 1.83. The summed E-state index contributed by atoms with van der Waals surface area (Å²) < 4.78 is 7.08. The molecule has 0 spiro atoms. The Morgan fingerprint density at radius 3 is 1.25 bits per heavy atom. The molecule has 10 N–H and O–H groups in total. The maximum Gasteiger partial charge on any atom is 0.526 e. The van der Waals surface area contributed by atoms with Gasteiger partial charge in [0.05, 0.1) is 0 Å². The number of primary amides is 2. The van der Waals surface area contributed by atoms with Crippen LogP contribution in [0.1, 0.15) is 0 Å². The fraction of sp³-hybridized carbons (Fsp3) is 0. The Balaban J connectivity index is -0.000000405. The van der Waals surface area contributed by atoms with Crippen LogP contribution < -0.4 is 23.8 Å². The van der Waals surface area contributed by atoms with Crippen molar-refractivity contribution in [3.8, 4) is 0 Å². The van der Waals surface area contributed by atoms with Crippen LogP contribution in [0.2, 0.25) is 0 Å². The Morgan fingerprint density at radius 2 is 1.08 bits per heavy atom. The summed E-state index contributed by atoms with van der Waals surface area (Å²) in [6.07, 6.45) is -4.28. The van der Waals surface area contributed by atoms with Crippen molar-refractivity contribution in [3.05, 3.63) is 0 Å². The summed E-state index contributed by atoms with van der Waals surface area (Å²) in [5.74, 6) is 0. The normalized spacial score (nSPS) is 6.67. The average molecular weight is 182 g/mol. The molecule has 72 valence electrons. The van der Waals surface area contributed by atoms with Gasteiger partial charge in [0, 0.05) is 0 Å². The Morgan fingerprint density at radius 1 is 0.833 bits per heavy atom. The van der Waals surface area contributed by atoms with E-state index in [4.69, 9.17) is 0 Å². The number of carbonyl (C=O) groups is 3. The maximum atomic E-state index is 10.0. The van der Waals surface area contributed by atoms with Gasteiger partial charge in [0.15, 0.2) is 0 Å². The molecule has 0 radical (unpaired) electrons. The first-order valence-corrected chi connectivity index (χ1v) is 2.01. The SMILES string of the molecule is N.N.NC(=O)OC(=O)OC(N)=O. The maximum absolute atomic E-state index is 10.0. The average Bonchev–Trinajstić information content (AvgIpc) is 1.58. The number of hydrogen-bond acceptors (Lipinski definition) is 7. The van der Waals surface area contributed by atoms with Crippen LogP contribution in [0.3, 0.4) is 0 Å². The van der Waals surface area contributed by atoms with Crippen molar-refractivity contribution >= 4 is 18.3 Å². The number of nitrogens with two attached hydrogens (primary N) is 2. The molecule has 12 heavy (non-hydrogen) atoms. The van der Waals surface area contributed by atoms with E-state index in [9.17, 15) is 14.4 Å². The van der Waals surface area contributed by atoms with Crippen molar-refractivity contribution in [2.24, 2.45) is 11.5 Å². The van der Waals surface area contributed by atoms with Gasteiger partial charge in [-0.3, -0.25) is 0 Å². The van der Waals surface area contributed by atoms with Crippen LogP contribution in [0, 0.1) is 0 Å². The molecule has 0 aromatic carbocycles. The minimum Gasteiger partial charge on any atom is -0.344 e. The Bertz CT molecular complexity index is 162. The molecular formula is C3H10N4O5. The molecule has 0 unspecified atom stereocenters.